The van der Waals surface area contributed by atoms with Crippen LogP contribution < -0.4 is 30.9 Å². The minimum absolute atomic E-state index is 0.193. The highest BCUT2D eigenvalue weighted by Gasteiger charge is 2.22. The van der Waals surface area contributed by atoms with Gasteiger partial charge in [-0.15, -0.1) is 0 Å². The van der Waals surface area contributed by atoms with E-state index in [0.717, 1.165) is 36.1 Å². The Morgan fingerprint density at radius 1 is 1.19 bits per heavy atom. The van der Waals surface area contributed by atoms with E-state index in [1.54, 1.807) is 19.2 Å². The fourth-order valence-electron chi connectivity index (χ4n) is 3.81. The van der Waals surface area contributed by atoms with Crippen LogP contribution in [0.15, 0.2) is 27.8 Å². The third kappa shape index (κ3) is 3.95. The van der Waals surface area contributed by atoms with Crippen molar-refractivity contribution in [3.8, 4) is 11.5 Å². The molecule has 170 valence electrons. The van der Waals surface area contributed by atoms with Crippen molar-refractivity contribution in [2.75, 3.05) is 32.2 Å². The number of nitrogens with zero attached hydrogens (tertiary/aromatic N) is 4. The summed E-state index contributed by atoms with van der Waals surface area (Å²) < 4.78 is 13.3. The van der Waals surface area contributed by atoms with Crippen molar-refractivity contribution >= 4 is 32.7 Å². The highest BCUT2D eigenvalue weighted by atomic mass is 32.1. The summed E-state index contributed by atoms with van der Waals surface area (Å²) in [4.78, 5) is 44.8. The largest absolute Gasteiger partial charge is 0.493 e. The van der Waals surface area contributed by atoms with Crippen LogP contribution in [0.3, 0.4) is 0 Å². The fraction of sp³-hybridized carbons (Fsp3) is 0.429. The first-order valence-corrected chi connectivity index (χ1v) is 11.1. The molecule has 3 heterocycles. The summed E-state index contributed by atoms with van der Waals surface area (Å²) in [5.74, 6) is 0.714. The maximum absolute atomic E-state index is 12.8. The number of carbonyl (C=O) groups excluding carboxylic acids is 1. The smallest absolute Gasteiger partial charge is 0.332 e. The van der Waals surface area contributed by atoms with Gasteiger partial charge in [-0.05, 0) is 18.9 Å². The number of para-hydroxylation sites is 1. The SMILES string of the molecule is COc1cccc(CNC(=O)Cn2c(=O)n(C)c(=O)c3sc(N4CCCC4)nc32)c1OC. The molecular weight excluding hydrogens is 434 g/mol. The van der Waals surface area contributed by atoms with Crippen LogP contribution in [0.25, 0.3) is 10.3 Å². The predicted octanol–water partition coefficient (Wildman–Crippen LogP) is 1.09. The lowest BCUT2D eigenvalue weighted by atomic mass is 10.2. The molecule has 32 heavy (non-hydrogen) atoms. The summed E-state index contributed by atoms with van der Waals surface area (Å²) in [6.07, 6.45) is 2.13. The zero-order valence-corrected chi connectivity index (χ0v) is 19.0. The van der Waals surface area contributed by atoms with Gasteiger partial charge in [0.25, 0.3) is 5.56 Å². The van der Waals surface area contributed by atoms with Gasteiger partial charge in [0.15, 0.2) is 22.3 Å². The van der Waals surface area contributed by atoms with Gasteiger partial charge >= 0.3 is 5.69 Å². The van der Waals surface area contributed by atoms with Gasteiger partial charge in [0.2, 0.25) is 5.91 Å². The summed E-state index contributed by atoms with van der Waals surface area (Å²) in [5, 5.41) is 3.51. The number of carbonyl (C=O) groups is 1. The number of benzene rings is 1. The van der Waals surface area contributed by atoms with Gasteiger partial charge in [-0.2, -0.15) is 0 Å². The van der Waals surface area contributed by atoms with Gasteiger partial charge in [-0.3, -0.25) is 18.7 Å². The molecule has 0 unspecified atom stereocenters. The summed E-state index contributed by atoms with van der Waals surface area (Å²) in [5.41, 5.74) is 0.0165. The molecule has 0 bridgehead atoms. The molecule has 11 heteroatoms. The van der Waals surface area contributed by atoms with Crippen LogP contribution in [0.5, 0.6) is 11.5 Å². The van der Waals surface area contributed by atoms with Crippen molar-refractivity contribution in [1.82, 2.24) is 19.4 Å². The number of nitrogens with one attached hydrogen (secondary N) is 1. The van der Waals surface area contributed by atoms with Crippen molar-refractivity contribution in [2.45, 2.75) is 25.9 Å². The lowest BCUT2D eigenvalue weighted by molar-refractivity contribution is -0.121. The molecule has 3 aromatic rings. The van der Waals surface area contributed by atoms with Crippen LogP contribution >= 0.6 is 11.3 Å². The van der Waals surface area contributed by atoms with E-state index in [0.29, 0.717) is 21.3 Å². The second kappa shape index (κ2) is 9.03. The number of rotatable bonds is 7. The van der Waals surface area contributed by atoms with Gasteiger partial charge in [-0.25, -0.2) is 9.78 Å². The maximum Gasteiger partial charge on any atom is 0.332 e. The first kappa shape index (κ1) is 21.9. The van der Waals surface area contributed by atoms with Crippen LogP contribution in [-0.2, 0) is 24.9 Å². The van der Waals surface area contributed by atoms with Crippen LogP contribution in [0, 0.1) is 0 Å². The van der Waals surface area contributed by atoms with E-state index in [-0.39, 0.29) is 24.6 Å². The second-order valence-corrected chi connectivity index (χ2v) is 8.48. The molecule has 1 N–H and O–H groups in total. The fourth-order valence-corrected chi connectivity index (χ4v) is 4.90. The molecular formula is C21H25N5O5S. The van der Waals surface area contributed by atoms with Crippen LogP contribution in [0.1, 0.15) is 18.4 Å². The molecule has 4 rings (SSSR count). The summed E-state index contributed by atoms with van der Waals surface area (Å²) in [7, 11) is 4.49. The third-order valence-electron chi connectivity index (χ3n) is 5.51. The van der Waals surface area contributed by atoms with Crippen LogP contribution in [0.2, 0.25) is 0 Å². The summed E-state index contributed by atoms with van der Waals surface area (Å²) in [6, 6.07) is 5.39. The number of thiazole rings is 1. The van der Waals surface area contributed by atoms with E-state index in [2.05, 4.69) is 15.2 Å². The minimum Gasteiger partial charge on any atom is -0.493 e. The molecule has 0 saturated carbocycles. The number of anilines is 1. The van der Waals surface area contributed by atoms with Gasteiger partial charge in [0, 0.05) is 32.2 Å². The van der Waals surface area contributed by atoms with Gasteiger partial charge in [0.1, 0.15) is 11.2 Å². The Hall–Kier alpha value is -3.34. The maximum atomic E-state index is 12.8. The van der Waals surface area contributed by atoms with E-state index in [9.17, 15) is 14.4 Å². The summed E-state index contributed by atoms with van der Waals surface area (Å²) in [6.45, 7) is 1.68. The Morgan fingerprint density at radius 2 is 1.94 bits per heavy atom. The number of ether oxygens (including phenoxy) is 2. The Bertz CT molecular complexity index is 1270. The highest BCUT2D eigenvalue weighted by molar-refractivity contribution is 7.22. The Kier molecular flexibility index (Phi) is 6.17. The Balaban J connectivity index is 1.60. The standard InChI is InChI=1S/C21H25N5O5S/c1-24-19(28)17-18(23-20(32-17)25-9-4-5-10-25)26(21(24)29)12-15(27)22-11-13-7-6-8-14(30-2)16(13)31-3/h6-8H,4-5,9-12H2,1-3H3,(H,22,27). The number of methoxy groups -OCH3 is 2. The molecule has 1 fully saturated rings. The van der Waals surface area contributed by atoms with Crippen LogP contribution in [0.4, 0.5) is 5.13 Å². The average Bonchev–Trinajstić information content (AvgIpc) is 3.49. The van der Waals surface area contributed by atoms with Crippen LogP contribution in [-0.4, -0.2) is 47.3 Å². The Morgan fingerprint density at radius 3 is 2.62 bits per heavy atom. The first-order chi connectivity index (χ1) is 15.4. The van der Waals surface area contributed by atoms with Crippen molar-refractivity contribution in [1.29, 1.82) is 0 Å². The predicted molar refractivity (Wildman–Crippen MR) is 122 cm³/mol. The lowest BCUT2D eigenvalue weighted by Crippen LogP contribution is -2.41. The number of aromatic nitrogens is 3. The van der Waals surface area contributed by atoms with Crippen molar-refractivity contribution in [2.24, 2.45) is 7.05 Å². The zero-order chi connectivity index (χ0) is 22.8. The monoisotopic (exact) mass is 459 g/mol. The number of hydrogen-bond acceptors (Lipinski definition) is 8. The molecule has 2 aromatic heterocycles. The number of hydrogen-bond donors (Lipinski definition) is 1. The van der Waals surface area contributed by atoms with Crippen molar-refractivity contribution in [3.05, 3.63) is 44.6 Å². The third-order valence-corrected chi connectivity index (χ3v) is 6.60. The van der Waals surface area contributed by atoms with Gasteiger partial charge < -0.3 is 19.7 Å². The molecule has 0 spiro atoms. The van der Waals surface area contributed by atoms with E-state index >= 15 is 0 Å². The number of fused-ring (bicyclic) bond motifs is 1. The quantitative estimate of drug-likeness (QED) is 0.564. The second-order valence-electron chi connectivity index (χ2n) is 7.51. The van der Waals surface area contributed by atoms with Crippen molar-refractivity contribution in [3.63, 3.8) is 0 Å². The molecule has 0 aliphatic carbocycles. The average molecular weight is 460 g/mol. The Labute approximate surface area is 188 Å². The highest BCUT2D eigenvalue weighted by Crippen LogP contribution is 2.31. The molecule has 1 saturated heterocycles. The molecule has 10 nitrogen and oxygen atoms in total. The van der Waals surface area contributed by atoms with Gasteiger partial charge in [0.05, 0.1) is 14.2 Å². The molecule has 1 aliphatic heterocycles. The normalized spacial score (nSPS) is 13.5. The minimum atomic E-state index is -0.574. The zero-order valence-electron chi connectivity index (χ0n) is 18.2. The van der Waals surface area contributed by atoms with E-state index < -0.39 is 11.2 Å². The molecule has 1 amide bonds. The van der Waals surface area contributed by atoms with Gasteiger partial charge in [-0.1, -0.05) is 23.5 Å². The van der Waals surface area contributed by atoms with E-state index in [4.69, 9.17) is 9.47 Å². The molecule has 0 atom stereocenters. The molecule has 1 aromatic carbocycles. The number of amides is 1. The molecule has 0 radical (unpaired) electrons. The first-order valence-electron chi connectivity index (χ1n) is 10.3. The van der Waals surface area contributed by atoms with E-state index in [1.807, 2.05) is 6.07 Å². The molecule has 1 aliphatic rings. The van der Waals surface area contributed by atoms with Crippen molar-refractivity contribution < 1.29 is 14.3 Å². The topological polar surface area (TPSA) is 108 Å². The van der Waals surface area contributed by atoms with E-state index in [1.165, 1.54) is 30.1 Å². The lowest BCUT2D eigenvalue weighted by Gasteiger charge is -2.14. The summed E-state index contributed by atoms with van der Waals surface area (Å²) >= 11 is 1.26.